The van der Waals surface area contributed by atoms with E-state index in [-0.39, 0.29) is 11.8 Å². The zero-order valence-electron chi connectivity index (χ0n) is 14.7. The average molecular weight is 375 g/mol. The van der Waals surface area contributed by atoms with Crippen molar-refractivity contribution < 1.29 is 9.59 Å². The lowest BCUT2D eigenvalue weighted by molar-refractivity contribution is 0.0786. The number of rotatable bonds is 5. The fraction of sp³-hybridized carbons (Fsp3) is 0.0952. The molecule has 0 unspecified atom stereocenters. The van der Waals surface area contributed by atoms with Gasteiger partial charge in [-0.25, -0.2) is 0 Å². The van der Waals surface area contributed by atoms with Crippen LogP contribution in [0.4, 0.5) is 5.69 Å². The van der Waals surface area contributed by atoms with E-state index in [0.717, 1.165) is 5.56 Å². The zero-order valence-corrected chi connectivity index (χ0v) is 15.5. The minimum absolute atomic E-state index is 0.194. The molecule has 0 atom stereocenters. The molecule has 0 radical (unpaired) electrons. The van der Waals surface area contributed by atoms with Gasteiger partial charge in [0.15, 0.2) is 0 Å². The molecule has 0 bridgehead atoms. The van der Waals surface area contributed by atoms with Gasteiger partial charge >= 0.3 is 0 Å². The van der Waals surface area contributed by atoms with Gasteiger partial charge in [-0.1, -0.05) is 24.3 Å². The molecule has 2 aromatic carbocycles. The summed E-state index contributed by atoms with van der Waals surface area (Å²) in [5, 5.41) is 15.3. The Balaban J connectivity index is 1.75. The molecule has 0 aliphatic rings. The summed E-state index contributed by atoms with van der Waals surface area (Å²) >= 11 is 1.44. The molecule has 0 saturated carbocycles. The Morgan fingerprint density at radius 2 is 1.85 bits per heavy atom. The number of thiophene rings is 1. The van der Waals surface area contributed by atoms with Gasteiger partial charge in [0, 0.05) is 19.0 Å². The normalized spacial score (nSPS) is 10.1. The maximum Gasteiger partial charge on any atom is 0.256 e. The Labute approximate surface area is 161 Å². The highest BCUT2D eigenvalue weighted by molar-refractivity contribution is 7.08. The molecule has 0 saturated heterocycles. The molecule has 3 aromatic rings. The van der Waals surface area contributed by atoms with E-state index in [1.165, 1.54) is 11.3 Å². The smallest absolute Gasteiger partial charge is 0.256 e. The van der Waals surface area contributed by atoms with Gasteiger partial charge in [0.2, 0.25) is 0 Å². The topological polar surface area (TPSA) is 73.2 Å². The molecule has 27 heavy (non-hydrogen) atoms. The van der Waals surface area contributed by atoms with Crippen LogP contribution in [-0.4, -0.2) is 23.8 Å². The van der Waals surface area contributed by atoms with Gasteiger partial charge in [-0.2, -0.15) is 16.6 Å². The highest BCUT2D eigenvalue weighted by atomic mass is 32.1. The number of para-hydroxylation sites is 1. The van der Waals surface area contributed by atoms with E-state index in [0.29, 0.717) is 28.9 Å². The molecule has 3 rings (SSSR count). The summed E-state index contributed by atoms with van der Waals surface area (Å²) in [6.07, 6.45) is 0. The molecule has 2 amide bonds. The molecule has 0 spiro atoms. The second-order valence-corrected chi connectivity index (χ2v) is 6.76. The van der Waals surface area contributed by atoms with Gasteiger partial charge < -0.3 is 10.2 Å². The van der Waals surface area contributed by atoms with E-state index in [9.17, 15) is 9.59 Å². The monoisotopic (exact) mass is 375 g/mol. The van der Waals surface area contributed by atoms with Gasteiger partial charge in [0.25, 0.3) is 11.8 Å². The van der Waals surface area contributed by atoms with Crippen molar-refractivity contribution in [3.8, 4) is 6.07 Å². The van der Waals surface area contributed by atoms with Crippen LogP contribution in [0.15, 0.2) is 65.4 Å². The van der Waals surface area contributed by atoms with E-state index in [2.05, 4.69) is 11.4 Å². The molecule has 134 valence electrons. The minimum atomic E-state index is -0.244. The number of amides is 2. The number of carbonyl (C=O) groups is 2. The lowest BCUT2D eigenvalue weighted by Crippen LogP contribution is -2.27. The number of anilines is 1. The fourth-order valence-electron chi connectivity index (χ4n) is 2.60. The van der Waals surface area contributed by atoms with Crippen LogP contribution in [0.25, 0.3) is 0 Å². The third-order valence-corrected chi connectivity index (χ3v) is 4.72. The second-order valence-electron chi connectivity index (χ2n) is 5.98. The molecule has 0 fully saturated rings. The fourth-order valence-corrected chi connectivity index (χ4v) is 3.24. The van der Waals surface area contributed by atoms with Crippen LogP contribution < -0.4 is 5.32 Å². The molecule has 0 aliphatic heterocycles. The Morgan fingerprint density at radius 1 is 1.11 bits per heavy atom. The van der Waals surface area contributed by atoms with E-state index >= 15 is 0 Å². The lowest BCUT2D eigenvalue weighted by Gasteiger charge is -2.19. The number of nitrogens with zero attached hydrogens (tertiary/aromatic N) is 2. The minimum Gasteiger partial charge on any atom is -0.337 e. The van der Waals surface area contributed by atoms with E-state index in [4.69, 9.17) is 5.26 Å². The average Bonchev–Trinajstić information content (AvgIpc) is 3.23. The molecule has 6 heteroatoms. The first-order chi connectivity index (χ1) is 13.1. The van der Waals surface area contributed by atoms with Crippen molar-refractivity contribution in [3.05, 3.63) is 87.6 Å². The molecular formula is C21H17N3O2S. The molecule has 1 aromatic heterocycles. The SMILES string of the molecule is CN(Cc1ccc(C#N)cc1)C(=O)c1ccccc1NC(=O)c1ccsc1. The summed E-state index contributed by atoms with van der Waals surface area (Å²) < 4.78 is 0. The van der Waals surface area contributed by atoms with Crippen molar-refractivity contribution in [1.29, 1.82) is 5.26 Å². The Morgan fingerprint density at radius 3 is 2.52 bits per heavy atom. The van der Waals surface area contributed by atoms with E-state index in [1.807, 2.05) is 17.5 Å². The predicted octanol–water partition coefficient (Wildman–Crippen LogP) is 4.14. The quantitative estimate of drug-likeness (QED) is 0.728. The number of hydrogen-bond donors (Lipinski definition) is 1. The Bertz CT molecular complexity index is 989. The standard InChI is InChI=1S/C21H17N3O2S/c1-24(13-16-8-6-15(12-22)7-9-16)21(26)18-4-2-3-5-19(18)23-20(25)17-10-11-27-14-17/h2-11,14H,13H2,1H3,(H,23,25). The number of carbonyl (C=O) groups excluding carboxylic acids is 2. The highest BCUT2D eigenvalue weighted by Gasteiger charge is 2.17. The Kier molecular flexibility index (Phi) is 5.64. The molecular weight excluding hydrogens is 358 g/mol. The van der Waals surface area contributed by atoms with Crippen LogP contribution in [0.2, 0.25) is 0 Å². The summed E-state index contributed by atoms with van der Waals surface area (Å²) in [7, 11) is 1.71. The molecule has 1 N–H and O–H groups in total. The van der Waals surface area contributed by atoms with Crippen molar-refractivity contribution in [2.75, 3.05) is 12.4 Å². The largest absolute Gasteiger partial charge is 0.337 e. The first-order valence-corrected chi connectivity index (χ1v) is 9.20. The van der Waals surface area contributed by atoms with Crippen molar-refractivity contribution >= 4 is 28.8 Å². The number of nitriles is 1. The number of nitrogens with one attached hydrogen (secondary N) is 1. The van der Waals surface area contributed by atoms with Gasteiger partial charge in [-0.3, -0.25) is 9.59 Å². The van der Waals surface area contributed by atoms with Crippen molar-refractivity contribution in [2.24, 2.45) is 0 Å². The van der Waals surface area contributed by atoms with E-state index < -0.39 is 0 Å². The highest BCUT2D eigenvalue weighted by Crippen LogP contribution is 2.19. The first-order valence-electron chi connectivity index (χ1n) is 8.25. The zero-order chi connectivity index (χ0) is 19.2. The predicted molar refractivity (Wildman–Crippen MR) is 106 cm³/mol. The summed E-state index contributed by atoms with van der Waals surface area (Å²) in [4.78, 5) is 26.8. The van der Waals surface area contributed by atoms with Crippen molar-refractivity contribution in [3.63, 3.8) is 0 Å². The number of hydrogen-bond acceptors (Lipinski definition) is 4. The summed E-state index contributed by atoms with van der Waals surface area (Å²) in [5.41, 5.74) is 2.97. The first kappa shape index (κ1) is 18.4. The lowest BCUT2D eigenvalue weighted by atomic mass is 10.1. The summed E-state index contributed by atoms with van der Waals surface area (Å²) in [6.45, 7) is 0.400. The van der Waals surface area contributed by atoms with Gasteiger partial charge in [-0.05, 0) is 41.3 Å². The van der Waals surface area contributed by atoms with Gasteiger partial charge in [0.1, 0.15) is 0 Å². The van der Waals surface area contributed by atoms with Crippen LogP contribution in [0, 0.1) is 11.3 Å². The third kappa shape index (κ3) is 4.40. The molecule has 0 aliphatic carbocycles. The van der Waals surface area contributed by atoms with Crippen molar-refractivity contribution in [2.45, 2.75) is 6.54 Å². The van der Waals surface area contributed by atoms with Crippen LogP contribution >= 0.6 is 11.3 Å². The van der Waals surface area contributed by atoms with Crippen LogP contribution in [0.1, 0.15) is 31.8 Å². The maximum absolute atomic E-state index is 12.9. The summed E-state index contributed by atoms with van der Waals surface area (Å²) in [5.74, 6) is -0.438. The van der Waals surface area contributed by atoms with E-state index in [1.54, 1.807) is 59.8 Å². The molecule has 5 nitrogen and oxygen atoms in total. The van der Waals surface area contributed by atoms with Gasteiger partial charge in [0.05, 0.1) is 28.4 Å². The van der Waals surface area contributed by atoms with Crippen molar-refractivity contribution in [1.82, 2.24) is 4.90 Å². The third-order valence-electron chi connectivity index (χ3n) is 4.04. The van der Waals surface area contributed by atoms with Gasteiger partial charge in [-0.15, -0.1) is 0 Å². The molecule has 1 heterocycles. The van der Waals surface area contributed by atoms with Crippen LogP contribution in [0.5, 0.6) is 0 Å². The maximum atomic E-state index is 12.9. The van der Waals surface area contributed by atoms with Crippen LogP contribution in [0.3, 0.4) is 0 Å². The Hall–Kier alpha value is -3.43. The second kappa shape index (κ2) is 8.30. The van der Waals surface area contributed by atoms with Crippen LogP contribution in [-0.2, 0) is 6.54 Å². The number of benzene rings is 2. The summed E-state index contributed by atoms with van der Waals surface area (Å²) in [6, 6.07) is 17.9.